The summed E-state index contributed by atoms with van der Waals surface area (Å²) in [5, 5.41) is 2.39. The zero-order valence-corrected chi connectivity index (χ0v) is 9.27. The summed E-state index contributed by atoms with van der Waals surface area (Å²) in [4.78, 5) is 2.09. The number of rotatable bonds is 6. The minimum atomic E-state index is -4.09. The van der Waals surface area contributed by atoms with Crippen LogP contribution in [-0.4, -0.2) is 44.3 Å². The molecule has 0 aromatic carbocycles. The Morgan fingerprint density at radius 1 is 1.40 bits per heavy atom. The van der Waals surface area contributed by atoms with E-state index in [0.717, 1.165) is 18.4 Å². The molecule has 90 valence electrons. The van der Waals surface area contributed by atoms with Gasteiger partial charge in [0.25, 0.3) is 0 Å². The highest BCUT2D eigenvalue weighted by Crippen LogP contribution is 2.37. The highest BCUT2D eigenvalue weighted by Gasteiger charge is 2.33. The normalized spacial score (nSPS) is 26.0. The molecule has 1 aliphatic rings. The Labute approximate surface area is 88.8 Å². The number of likely N-dealkylation sites (N-methyl/N-ethyl adjacent to an activating group) is 1. The standard InChI is InChI=1S/C10H19F3N2/c1-8-5-9(8)6-15(2)4-3-14-7-10(11,12)13/h8-9,14H,3-7H2,1-2H3. The molecule has 0 radical (unpaired) electrons. The molecule has 0 spiro atoms. The topological polar surface area (TPSA) is 15.3 Å². The third-order valence-corrected chi connectivity index (χ3v) is 2.82. The molecular weight excluding hydrogens is 205 g/mol. The lowest BCUT2D eigenvalue weighted by Gasteiger charge is -2.17. The lowest BCUT2D eigenvalue weighted by atomic mass is 10.3. The summed E-state index contributed by atoms with van der Waals surface area (Å²) < 4.78 is 35.3. The van der Waals surface area contributed by atoms with E-state index < -0.39 is 12.7 Å². The van der Waals surface area contributed by atoms with Crippen LogP contribution in [0.25, 0.3) is 0 Å². The summed E-state index contributed by atoms with van der Waals surface area (Å²) in [5.41, 5.74) is 0. The van der Waals surface area contributed by atoms with Gasteiger partial charge in [-0.2, -0.15) is 13.2 Å². The van der Waals surface area contributed by atoms with Crippen molar-refractivity contribution in [2.24, 2.45) is 11.8 Å². The van der Waals surface area contributed by atoms with Gasteiger partial charge in [0.15, 0.2) is 0 Å². The van der Waals surface area contributed by atoms with Crippen LogP contribution >= 0.6 is 0 Å². The minimum Gasteiger partial charge on any atom is -0.307 e. The molecule has 2 atom stereocenters. The first-order valence-electron chi connectivity index (χ1n) is 5.34. The third-order valence-electron chi connectivity index (χ3n) is 2.82. The van der Waals surface area contributed by atoms with E-state index in [9.17, 15) is 13.2 Å². The number of alkyl halides is 3. The van der Waals surface area contributed by atoms with Crippen LogP contribution in [0.15, 0.2) is 0 Å². The predicted octanol–water partition coefficient (Wildman–Crippen LogP) is 1.73. The molecule has 15 heavy (non-hydrogen) atoms. The van der Waals surface area contributed by atoms with Gasteiger partial charge in [-0.3, -0.25) is 0 Å². The fourth-order valence-electron chi connectivity index (χ4n) is 1.65. The van der Waals surface area contributed by atoms with Gasteiger partial charge in [0.1, 0.15) is 0 Å². The Kier molecular flexibility index (Phi) is 4.40. The number of nitrogens with zero attached hydrogens (tertiary/aromatic N) is 1. The molecular formula is C10H19F3N2. The smallest absolute Gasteiger partial charge is 0.307 e. The van der Waals surface area contributed by atoms with Gasteiger partial charge in [-0.25, -0.2) is 0 Å². The van der Waals surface area contributed by atoms with E-state index >= 15 is 0 Å². The molecule has 1 N–H and O–H groups in total. The molecule has 0 aromatic rings. The quantitative estimate of drug-likeness (QED) is 0.691. The Hall–Kier alpha value is -0.290. The fourth-order valence-corrected chi connectivity index (χ4v) is 1.65. The van der Waals surface area contributed by atoms with Crippen molar-refractivity contribution in [1.29, 1.82) is 0 Å². The van der Waals surface area contributed by atoms with E-state index in [1.54, 1.807) is 0 Å². The first-order chi connectivity index (χ1) is 6.88. The van der Waals surface area contributed by atoms with Gasteiger partial charge in [0.05, 0.1) is 6.54 Å². The number of hydrogen-bond donors (Lipinski definition) is 1. The molecule has 1 fully saturated rings. The highest BCUT2D eigenvalue weighted by molar-refractivity contribution is 4.84. The monoisotopic (exact) mass is 224 g/mol. The molecule has 0 heterocycles. The highest BCUT2D eigenvalue weighted by atomic mass is 19.4. The first kappa shape index (κ1) is 12.8. The van der Waals surface area contributed by atoms with E-state index in [0.29, 0.717) is 13.1 Å². The number of halogens is 3. The van der Waals surface area contributed by atoms with Gasteiger partial charge in [-0.05, 0) is 25.3 Å². The van der Waals surface area contributed by atoms with Crippen LogP contribution in [0.4, 0.5) is 13.2 Å². The summed E-state index contributed by atoms with van der Waals surface area (Å²) in [6.45, 7) is 3.41. The Morgan fingerprint density at radius 3 is 2.47 bits per heavy atom. The maximum absolute atomic E-state index is 11.8. The maximum Gasteiger partial charge on any atom is 0.401 e. The molecule has 0 saturated heterocycles. The molecule has 0 aliphatic heterocycles. The Morgan fingerprint density at radius 2 is 2.00 bits per heavy atom. The van der Waals surface area contributed by atoms with Gasteiger partial charge in [-0.1, -0.05) is 6.92 Å². The molecule has 5 heteroatoms. The van der Waals surface area contributed by atoms with Crippen molar-refractivity contribution in [2.75, 3.05) is 33.2 Å². The summed E-state index contributed by atoms with van der Waals surface area (Å²) in [5.74, 6) is 1.56. The van der Waals surface area contributed by atoms with E-state index in [-0.39, 0.29) is 0 Å². The first-order valence-corrected chi connectivity index (χ1v) is 5.34. The molecule has 0 amide bonds. The fraction of sp³-hybridized carbons (Fsp3) is 1.00. The molecule has 1 saturated carbocycles. The van der Waals surface area contributed by atoms with Gasteiger partial charge in [-0.15, -0.1) is 0 Å². The van der Waals surface area contributed by atoms with Crippen molar-refractivity contribution < 1.29 is 13.2 Å². The zero-order valence-electron chi connectivity index (χ0n) is 9.27. The molecule has 2 nitrogen and oxygen atoms in total. The maximum atomic E-state index is 11.8. The Bertz CT molecular complexity index is 194. The van der Waals surface area contributed by atoms with Crippen molar-refractivity contribution >= 4 is 0 Å². The Balaban J connectivity index is 1.95. The van der Waals surface area contributed by atoms with Crippen LogP contribution < -0.4 is 5.32 Å². The summed E-state index contributed by atoms with van der Waals surface area (Å²) >= 11 is 0. The van der Waals surface area contributed by atoms with Crippen LogP contribution in [0.1, 0.15) is 13.3 Å². The van der Waals surface area contributed by atoms with E-state index in [4.69, 9.17) is 0 Å². The van der Waals surface area contributed by atoms with Crippen LogP contribution in [0.5, 0.6) is 0 Å². The van der Waals surface area contributed by atoms with Crippen molar-refractivity contribution in [3.63, 3.8) is 0 Å². The van der Waals surface area contributed by atoms with Crippen molar-refractivity contribution in [3.8, 4) is 0 Å². The van der Waals surface area contributed by atoms with E-state index in [2.05, 4.69) is 17.1 Å². The zero-order chi connectivity index (χ0) is 11.5. The second kappa shape index (κ2) is 5.16. The van der Waals surface area contributed by atoms with Crippen molar-refractivity contribution in [1.82, 2.24) is 10.2 Å². The summed E-state index contributed by atoms with van der Waals surface area (Å²) in [6.07, 6.45) is -2.83. The molecule has 2 unspecified atom stereocenters. The number of nitrogens with one attached hydrogen (secondary N) is 1. The second-order valence-electron chi connectivity index (χ2n) is 4.53. The lowest BCUT2D eigenvalue weighted by molar-refractivity contribution is -0.124. The van der Waals surface area contributed by atoms with Gasteiger partial charge >= 0.3 is 6.18 Å². The van der Waals surface area contributed by atoms with E-state index in [1.165, 1.54) is 6.42 Å². The molecule has 0 bridgehead atoms. The average Bonchev–Trinajstić information content (AvgIpc) is 2.74. The largest absolute Gasteiger partial charge is 0.401 e. The SMILES string of the molecule is CC1CC1CN(C)CCNCC(F)(F)F. The van der Waals surface area contributed by atoms with Gasteiger partial charge < -0.3 is 10.2 Å². The molecule has 0 aromatic heterocycles. The summed E-state index contributed by atoms with van der Waals surface area (Å²) in [7, 11) is 1.96. The lowest BCUT2D eigenvalue weighted by Crippen LogP contribution is -2.35. The van der Waals surface area contributed by atoms with Crippen LogP contribution in [0.3, 0.4) is 0 Å². The molecule has 1 aliphatic carbocycles. The van der Waals surface area contributed by atoms with Crippen LogP contribution in [0, 0.1) is 11.8 Å². The van der Waals surface area contributed by atoms with Gasteiger partial charge in [0, 0.05) is 19.6 Å². The van der Waals surface area contributed by atoms with Gasteiger partial charge in [0.2, 0.25) is 0 Å². The molecule has 1 rings (SSSR count). The van der Waals surface area contributed by atoms with Crippen molar-refractivity contribution in [2.45, 2.75) is 19.5 Å². The number of hydrogen-bond acceptors (Lipinski definition) is 2. The predicted molar refractivity (Wildman–Crippen MR) is 53.7 cm³/mol. The third kappa shape index (κ3) is 5.99. The van der Waals surface area contributed by atoms with Crippen LogP contribution in [0.2, 0.25) is 0 Å². The van der Waals surface area contributed by atoms with Crippen LogP contribution in [-0.2, 0) is 0 Å². The minimum absolute atomic E-state index is 0.400. The average molecular weight is 224 g/mol. The second-order valence-corrected chi connectivity index (χ2v) is 4.53. The van der Waals surface area contributed by atoms with Crippen molar-refractivity contribution in [3.05, 3.63) is 0 Å². The van der Waals surface area contributed by atoms with E-state index in [1.807, 2.05) is 7.05 Å². The summed E-state index contributed by atoms with van der Waals surface area (Å²) in [6, 6.07) is 0.